The van der Waals surface area contributed by atoms with Gasteiger partial charge in [0.25, 0.3) is 0 Å². The molecule has 1 saturated heterocycles. The number of ether oxygens (including phenoxy) is 1. The summed E-state index contributed by atoms with van der Waals surface area (Å²) in [5.41, 5.74) is -0.884. The van der Waals surface area contributed by atoms with Crippen LogP contribution in [0.2, 0.25) is 0 Å². The Kier molecular flexibility index (Phi) is 4.72. The molecule has 2 bridgehead atoms. The maximum Gasteiger partial charge on any atom is 0.303 e. The molecule has 23 heavy (non-hydrogen) atoms. The van der Waals surface area contributed by atoms with E-state index in [1.165, 1.54) is 11.8 Å². The van der Waals surface area contributed by atoms with Crippen LogP contribution in [0.3, 0.4) is 0 Å². The molecule has 1 aromatic carbocycles. The zero-order valence-electron chi connectivity index (χ0n) is 13.9. The standard InChI is InChI=1S/C18H24O4S/c1-13(19)20-17(2)10-9-14-11-16(17)21-22-18(14,3)12-23-15-7-5-4-6-8-15/h4-8,14,16H,9-12H2,1-3H3/t14-,16-,17?,18?/m0/s1. The average molecular weight is 336 g/mol. The molecule has 2 aliphatic rings. The highest BCUT2D eigenvalue weighted by Gasteiger charge is 2.53. The Balaban J connectivity index is 1.64. The first-order valence-electron chi connectivity index (χ1n) is 8.13. The fraction of sp³-hybridized carbons (Fsp3) is 0.611. The smallest absolute Gasteiger partial charge is 0.303 e. The van der Waals surface area contributed by atoms with Crippen LogP contribution in [-0.2, 0) is 19.3 Å². The molecule has 1 aliphatic carbocycles. The summed E-state index contributed by atoms with van der Waals surface area (Å²) in [6.07, 6.45) is 2.49. The Morgan fingerprint density at radius 3 is 2.78 bits per heavy atom. The van der Waals surface area contributed by atoms with Crippen molar-refractivity contribution in [1.82, 2.24) is 0 Å². The molecule has 4 atom stereocenters. The molecule has 2 unspecified atom stereocenters. The van der Waals surface area contributed by atoms with E-state index in [0.717, 1.165) is 25.0 Å². The van der Waals surface area contributed by atoms with Gasteiger partial charge in [0.05, 0.1) is 0 Å². The summed E-state index contributed by atoms with van der Waals surface area (Å²) in [6.45, 7) is 5.51. The molecule has 0 spiro atoms. The minimum absolute atomic E-state index is 0.181. The number of carbonyl (C=O) groups is 1. The Hall–Kier alpha value is -1.04. The molecule has 126 valence electrons. The number of fused-ring (bicyclic) bond motifs is 2. The highest BCUT2D eigenvalue weighted by Crippen LogP contribution is 2.48. The fourth-order valence-corrected chi connectivity index (χ4v) is 4.60. The molecular weight excluding hydrogens is 312 g/mol. The second kappa shape index (κ2) is 6.46. The van der Waals surface area contributed by atoms with Gasteiger partial charge in [-0.05, 0) is 51.2 Å². The number of rotatable bonds is 4. The predicted octanol–water partition coefficient (Wildman–Crippen LogP) is 3.99. The van der Waals surface area contributed by atoms with E-state index in [9.17, 15) is 4.79 Å². The lowest BCUT2D eigenvalue weighted by molar-refractivity contribution is -0.441. The highest BCUT2D eigenvalue weighted by atomic mass is 32.2. The van der Waals surface area contributed by atoms with Crippen LogP contribution in [0.15, 0.2) is 35.2 Å². The number of thioether (sulfide) groups is 1. The quantitative estimate of drug-likeness (QED) is 0.472. The molecule has 3 rings (SSSR count). The van der Waals surface area contributed by atoms with Gasteiger partial charge < -0.3 is 4.74 Å². The first kappa shape index (κ1) is 16.8. The number of esters is 1. The van der Waals surface area contributed by atoms with Crippen LogP contribution in [0.1, 0.15) is 40.0 Å². The van der Waals surface area contributed by atoms with Crippen molar-refractivity contribution in [3.63, 3.8) is 0 Å². The van der Waals surface area contributed by atoms with Crippen molar-refractivity contribution in [2.45, 2.75) is 62.2 Å². The van der Waals surface area contributed by atoms with Crippen LogP contribution >= 0.6 is 11.8 Å². The molecule has 0 aromatic heterocycles. The minimum atomic E-state index is -0.573. The molecule has 0 amide bonds. The molecular formula is C18H24O4S. The molecule has 1 aliphatic heterocycles. The summed E-state index contributed by atoms with van der Waals surface area (Å²) >= 11 is 1.79. The Labute approximate surface area is 141 Å². The zero-order valence-corrected chi connectivity index (χ0v) is 14.7. The van der Waals surface area contributed by atoms with E-state index in [4.69, 9.17) is 14.5 Å². The van der Waals surface area contributed by atoms with Crippen molar-refractivity contribution in [2.24, 2.45) is 5.92 Å². The lowest BCUT2D eigenvalue weighted by Gasteiger charge is -2.51. The molecule has 1 heterocycles. The summed E-state index contributed by atoms with van der Waals surface area (Å²) in [6, 6.07) is 10.3. The SMILES string of the molecule is CC(=O)OC1(C)CC[C@H]2C[C@@H]1OOC2(C)CSc1ccccc1. The largest absolute Gasteiger partial charge is 0.457 e. The normalized spacial score (nSPS) is 36.5. The summed E-state index contributed by atoms with van der Waals surface area (Å²) in [5.74, 6) is 1.00. The predicted molar refractivity (Wildman–Crippen MR) is 89.0 cm³/mol. The number of benzene rings is 1. The van der Waals surface area contributed by atoms with E-state index in [1.807, 2.05) is 25.1 Å². The van der Waals surface area contributed by atoms with Gasteiger partial charge in [0, 0.05) is 17.6 Å². The number of carbonyl (C=O) groups excluding carboxylic acids is 1. The zero-order chi connectivity index (χ0) is 16.5. The van der Waals surface area contributed by atoms with Crippen molar-refractivity contribution in [3.8, 4) is 0 Å². The van der Waals surface area contributed by atoms with Crippen LogP contribution in [-0.4, -0.2) is 29.0 Å². The summed E-state index contributed by atoms with van der Waals surface area (Å²) < 4.78 is 5.51. The van der Waals surface area contributed by atoms with E-state index >= 15 is 0 Å². The second-order valence-corrected chi connectivity index (χ2v) is 8.01. The third kappa shape index (κ3) is 3.57. The molecule has 0 N–H and O–H groups in total. The van der Waals surface area contributed by atoms with E-state index in [1.54, 1.807) is 11.8 Å². The Morgan fingerprint density at radius 1 is 1.35 bits per heavy atom. The first-order chi connectivity index (χ1) is 10.9. The van der Waals surface area contributed by atoms with Gasteiger partial charge in [0.1, 0.15) is 17.3 Å². The van der Waals surface area contributed by atoms with Gasteiger partial charge in [-0.2, -0.15) is 0 Å². The van der Waals surface area contributed by atoms with Gasteiger partial charge in [-0.15, -0.1) is 11.8 Å². The molecule has 0 radical (unpaired) electrons. The average Bonchev–Trinajstić information content (AvgIpc) is 2.52. The third-order valence-corrected chi connectivity index (χ3v) is 6.36. The molecule has 1 aromatic rings. The maximum atomic E-state index is 11.3. The minimum Gasteiger partial charge on any atom is -0.457 e. The molecule has 5 heteroatoms. The molecule has 2 fully saturated rings. The third-order valence-electron chi connectivity index (χ3n) is 5.03. The second-order valence-electron chi connectivity index (χ2n) is 6.96. The number of hydrogen-bond acceptors (Lipinski definition) is 5. The van der Waals surface area contributed by atoms with E-state index in [0.29, 0.717) is 5.92 Å². The van der Waals surface area contributed by atoms with Crippen LogP contribution in [0, 0.1) is 5.92 Å². The lowest BCUT2D eigenvalue weighted by Crippen LogP contribution is -2.58. The van der Waals surface area contributed by atoms with Crippen molar-refractivity contribution in [3.05, 3.63) is 30.3 Å². The lowest BCUT2D eigenvalue weighted by atomic mass is 9.71. The van der Waals surface area contributed by atoms with Crippen molar-refractivity contribution >= 4 is 17.7 Å². The van der Waals surface area contributed by atoms with Crippen molar-refractivity contribution < 1.29 is 19.3 Å². The maximum absolute atomic E-state index is 11.3. The monoisotopic (exact) mass is 336 g/mol. The van der Waals surface area contributed by atoms with Gasteiger partial charge in [0.2, 0.25) is 0 Å². The van der Waals surface area contributed by atoms with Crippen LogP contribution < -0.4 is 0 Å². The van der Waals surface area contributed by atoms with E-state index in [2.05, 4.69) is 19.1 Å². The summed E-state index contributed by atoms with van der Waals surface area (Å²) in [7, 11) is 0. The van der Waals surface area contributed by atoms with Crippen LogP contribution in [0.25, 0.3) is 0 Å². The number of hydrogen-bond donors (Lipinski definition) is 0. The molecule has 1 saturated carbocycles. The Morgan fingerprint density at radius 2 is 2.09 bits per heavy atom. The van der Waals surface area contributed by atoms with E-state index < -0.39 is 5.60 Å². The van der Waals surface area contributed by atoms with Gasteiger partial charge in [-0.1, -0.05) is 18.2 Å². The first-order valence-corrected chi connectivity index (χ1v) is 9.12. The highest BCUT2D eigenvalue weighted by molar-refractivity contribution is 7.99. The van der Waals surface area contributed by atoms with Gasteiger partial charge in [-0.25, -0.2) is 9.78 Å². The summed E-state index contributed by atoms with van der Waals surface area (Å²) in [5, 5.41) is 0. The van der Waals surface area contributed by atoms with E-state index in [-0.39, 0.29) is 17.7 Å². The van der Waals surface area contributed by atoms with Gasteiger partial charge >= 0.3 is 5.97 Å². The topological polar surface area (TPSA) is 44.8 Å². The fourth-order valence-electron chi connectivity index (χ4n) is 3.51. The summed E-state index contributed by atoms with van der Waals surface area (Å²) in [4.78, 5) is 24.1. The Bertz CT molecular complexity index is 563. The van der Waals surface area contributed by atoms with Gasteiger partial charge in [0.15, 0.2) is 0 Å². The van der Waals surface area contributed by atoms with Crippen LogP contribution in [0.4, 0.5) is 0 Å². The van der Waals surface area contributed by atoms with Crippen LogP contribution in [0.5, 0.6) is 0 Å². The molecule has 4 nitrogen and oxygen atoms in total. The van der Waals surface area contributed by atoms with Gasteiger partial charge in [-0.3, -0.25) is 4.79 Å². The van der Waals surface area contributed by atoms with Crippen molar-refractivity contribution in [2.75, 3.05) is 5.75 Å². The van der Waals surface area contributed by atoms with Crippen molar-refractivity contribution in [1.29, 1.82) is 0 Å².